The highest BCUT2D eigenvalue weighted by Gasteiger charge is 2.18. The molecule has 2 aromatic carbocycles. The molecule has 1 N–H and O–H groups in total. The van der Waals surface area contributed by atoms with Gasteiger partial charge in [0.15, 0.2) is 6.61 Å². The minimum atomic E-state index is -0.128. The summed E-state index contributed by atoms with van der Waals surface area (Å²) in [6, 6.07) is 14.2. The largest absolute Gasteiger partial charge is 0.494 e. The van der Waals surface area contributed by atoms with E-state index in [1.165, 1.54) is 11.3 Å². The Bertz CT molecular complexity index is 847. The standard InChI is InChI=1S/C23H29N3O3/c1-18-6-2-3-7-21(18)26-13-11-25(12-14-26)10-4-5-15-28-19-8-9-22-20(16-19)24-23(27)17-29-22/h2-3,6-9,16H,4-5,10-15,17H2,1H3,(H,24,27). The molecule has 0 spiro atoms. The number of nitrogens with one attached hydrogen (secondary N) is 1. The monoisotopic (exact) mass is 395 g/mol. The molecule has 0 atom stereocenters. The number of nitrogens with zero attached hydrogens (tertiary/aromatic N) is 2. The number of anilines is 2. The number of amides is 1. The molecule has 0 unspecified atom stereocenters. The van der Waals surface area contributed by atoms with E-state index in [0.29, 0.717) is 18.0 Å². The number of unbranched alkanes of at least 4 members (excludes halogenated alkanes) is 1. The number of ether oxygens (including phenoxy) is 2. The van der Waals surface area contributed by atoms with Gasteiger partial charge in [0, 0.05) is 37.9 Å². The Kier molecular flexibility index (Phi) is 6.20. The second kappa shape index (κ2) is 9.18. The molecule has 4 rings (SSSR count). The number of para-hydroxylation sites is 1. The van der Waals surface area contributed by atoms with Crippen LogP contribution in [-0.2, 0) is 4.79 Å². The van der Waals surface area contributed by atoms with Crippen LogP contribution in [0.4, 0.5) is 11.4 Å². The number of aryl methyl sites for hydroxylation is 1. The Morgan fingerprint density at radius 1 is 1.07 bits per heavy atom. The third kappa shape index (κ3) is 5.01. The van der Waals surface area contributed by atoms with Gasteiger partial charge in [-0.15, -0.1) is 0 Å². The van der Waals surface area contributed by atoms with Crippen LogP contribution in [0.25, 0.3) is 0 Å². The minimum Gasteiger partial charge on any atom is -0.494 e. The fourth-order valence-corrected chi connectivity index (χ4v) is 3.91. The Labute approximate surface area is 172 Å². The Balaban J connectivity index is 1.14. The van der Waals surface area contributed by atoms with Gasteiger partial charge in [-0.3, -0.25) is 9.69 Å². The summed E-state index contributed by atoms with van der Waals surface area (Å²) in [7, 11) is 0. The van der Waals surface area contributed by atoms with Crippen LogP contribution >= 0.6 is 0 Å². The molecular weight excluding hydrogens is 366 g/mol. The molecule has 0 saturated carbocycles. The Morgan fingerprint density at radius 3 is 2.72 bits per heavy atom. The van der Waals surface area contributed by atoms with Crippen LogP contribution in [0.5, 0.6) is 11.5 Å². The van der Waals surface area contributed by atoms with Gasteiger partial charge in [-0.1, -0.05) is 18.2 Å². The first-order valence-corrected chi connectivity index (χ1v) is 10.4. The molecule has 2 heterocycles. The predicted molar refractivity (Wildman–Crippen MR) is 115 cm³/mol. The first kappa shape index (κ1) is 19.6. The number of rotatable bonds is 7. The van der Waals surface area contributed by atoms with E-state index in [0.717, 1.165) is 51.3 Å². The van der Waals surface area contributed by atoms with Crippen molar-refractivity contribution in [1.29, 1.82) is 0 Å². The molecule has 0 bridgehead atoms. The molecule has 6 nitrogen and oxygen atoms in total. The van der Waals surface area contributed by atoms with Gasteiger partial charge in [0.05, 0.1) is 12.3 Å². The average molecular weight is 396 g/mol. The summed E-state index contributed by atoms with van der Waals surface area (Å²) in [6.45, 7) is 8.45. The summed E-state index contributed by atoms with van der Waals surface area (Å²) >= 11 is 0. The average Bonchev–Trinajstić information content (AvgIpc) is 2.74. The van der Waals surface area contributed by atoms with Crippen molar-refractivity contribution in [2.45, 2.75) is 19.8 Å². The lowest BCUT2D eigenvalue weighted by atomic mass is 10.1. The van der Waals surface area contributed by atoms with Crippen molar-refractivity contribution < 1.29 is 14.3 Å². The lowest BCUT2D eigenvalue weighted by molar-refractivity contribution is -0.118. The zero-order valence-electron chi connectivity index (χ0n) is 17.0. The van der Waals surface area contributed by atoms with E-state index in [1.807, 2.05) is 18.2 Å². The molecule has 2 aliphatic rings. The zero-order chi connectivity index (χ0) is 20.1. The van der Waals surface area contributed by atoms with Crippen molar-refractivity contribution in [3.8, 4) is 11.5 Å². The van der Waals surface area contributed by atoms with E-state index in [-0.39, 0.29) is 12.5 Å². The summed E-state index contributed by atoms with van der Waals surface area (Å²) in [5.74, 6) is 1.33. The number of fused-ring (bicyclic) bond motifs is 1. The molecule has 0 radical (unpaired) electrons. The van der Waals surface area contributed by atoms with Gasteiger partial charge in [0.2, 0.25) is 0 Å². The van der Waals surface area contributed by atoms with Gasteiger partial charge < -0.3 is 19.7 Å². The van der Waals surface area contributed by atoms with Gasteiger partial charge in [0.1, 0.15) is 11.5 Å². The van der Waals surface area contributed by atoms with E-state index < -0.39 is 0 Å². The number of hydrogen-bond acceptors (Lipinski definition) is 5. The summed E-state index contributed by atoms with van der Waals surface area (Å²) in [4.78, 5) is 16.5. The van der Waals surface area contributed by atoms with Crippen LogP contribution in [0.1, 0.15) is 18.4 Å². The van der Waals surface area contributed by atoms with Crippen LogP contribution in [-0.4, -0.2) is 56.7 Å². The molecule has 29 heavy (non-hydrogen) atoms. The molecule has 6 heteroatoms. The fourth-order valence-electron chi connectivity index (χ4n) is 3.91. The first-order valence-electron chi connectivity index (χ1n) is 10.4. The summed E-state index contributed by atoms with van der Waals surface area (Å²) in [6.07, 6.45) is 2.13. The molecular formula is C23H29N3O3. The highest BCUT2D eigenvalue weighted by Crippen LogP contribution is 2.31. The smallest absolute Gasteiger partial charge is 0.262 e. The zero-order valence-corrected chi connectivity index (χ0v) is 17.0. The lowest BCUT2D eigenvalue weighted by Gasteiger charge is -2.36. The first-order chi connectivity index (χ1) is 14.2. The summed E-state index contributed by atoms with van der Waals surface area (Å²) < 4.78 is 11.2. The molecule has 1 saturated heterocycles. The highest BCUT2D eigenvalue weighted by atomic mass is 16.5. The lowest BCUT2D eigenvalue weighted by Crippen LogP contribution is -2.46. The molecule has 1 amide bonds. The fraction of sp³-hybridized carbons (Fsp3) is 0.435. The number of carbonyl (C=O) groups is 1. The van der Waals surface area contributed by atoms with E-state index in [1.54, 1.807) is 0 Å². The summed E-state index contributed by atoms with van der Waals surface area (Å²) in [5.41, 5.74) is 3.41. The van der Waals surface area contributed by atoms with Crippen LogP contribution < -0.4 is 19.7 Å². The molecule has 2 aromatic rings. The normalized spacial score (nSPS) is 16.7. The number of hydrogen-bond donors (Lipinski definition) is 1. The van der Waals surface area contributed by atoms with Gasteiger partial charge in [-0.2, -0.15) is 0 Å². The van der Waals surface area contributed by atoms with Crippen LogP contribution in [0.15, 0.2) is 42.5 Å². The van der Waals surface area contributed by atoms with Crippen molar-refractivity contribution in [2.75, 3.05) is 56.2 Å². The minimum absolute atomic E-state index is 0.0758. The Hall–Kier alpha value is -2.73. The van der Waals surface area contributed by atoms with Crippen LogP contribution in [0.2, 0.25) is 0 Å². The van der Waals surface area contributed by atoms with Crippen molar-refractivity contribution in [3.05, 3.63) is 48.0 Å². The maximum atomic E-state index is 11.4. The second-order valence-electron chi connectivity index (χ2n) is 7.67. The third-order valence-corrected chi connectivity index (χ3v) is 5.55. The molecule has 0 aromatic heterocycles. The van der Waals surface area contributed by atoms with Gasteiger partial charge in [-0.25, -0.2) is 0 Å². The van der Waals surface area contributed by atoms with Crippen molar-refractivity contribution in [1.82, 2.24) is 4.90 Å². The molecule has 0 aliphatic carbocycles. The van der Waals surface area contributed by atoms with Gasteiger partial charge in [0.25, 0.3) is 5.91 Å². The molecule has 1 fully saturated rings. The third-order valence-electron chi connectivity index (χ3n) is 5.55. The highest BCUT2D eigenvalue weighted by molar-refractivity contribution is 5.95. The maximum Gasteiger partial charge on any atom is 0.262 e. The van der Waals surface area contributed by atoms with Crippen molar-refractivity contribution >= 4 is 17.3 Å². The van der Waals surface area contributed by atoms with Crippen LogP contribution in [0, 0.1) is 6.92 Å². The number of benzene rings is 2. The van der Waals surface area contributed by atoms with Gasteiger partial charge in [-0.05, 0) is 50.1 Å². The topological polar surface area (TPSA) is 54.0 Å². The van der Waals surface area contributed by atoms with Crippen molar-refractivity contribution in [3.63, 3.8) is 0 Å². The Morgan fingerprint density at radius 2 is 1.90 bits per heavy atom. The molecule has 2 aliphatic heterocycles. The van der Waals surface area contributed by atoms with Crippen LogP contribution in [0.3, 0.4) is 0 Å². The second-order valence-corrected chi connectivity index (χ2v) is 7.67. The van der Waals surface area contributed by atoms with Gasteiger partial charge >= 0.3 is 0 Å². The van der Waals surface area contributed by atoms with E-state index >= 15 is 0 Å². The van der Waals surface area contributed by atoms with E-state index in [9.17, 15) is 4.79 Å². The summed E-state index contributed by atoms with van der Waals surface area (Å²) in [5, 5.41) is 2.81. The maximum absolute atomic E-state index is 11.4. The van der Waals surface area contributed by atoms with Crippen molar-refractivity contribution in [2.24, 2.45) is 0 Å². The SMILES string of the molecule is Cc1ccccc1N1CCN(CCCCOc2ccc3c(c2)NC(=O)CO3)CC1. The molecule has 154 valence electrons. The predicted octanol–water partition coefficient (Wildman–Crippen LogP) is 3.31. The quantitative estimate of drug-likeness (QED) is 0.729. The number of piperazine rings is 1. The number of carbonyl (C=O) groups excluding carboxylic acids is 1. The van der Waals surface area contributed by atoms with E-state index in [4.69, 9.17) is 9.47 Å². The van der Waals surface area contributed by atoms with E-state index in [2.05, 4.69) is 46.3 Å².